The summed E-state index contributed by atoms with van der Waals surface area (Å²) in [7, 11) is 0. The lowest BCUT2D eigenvalue weighted by molar-refractivity contribution is -0.130. The van der Waals surface area contributed by atoms with Crippen molar-refractivity contribution in [3.8, 4) is 0 Å². The second-order valence-electron chi connectivity index (χ2n) is 4.97. The number of rotatable bonds is 2. The predicted octanol–water partition coefficient (Wildman–Crippen LogP) is 0.341. The molecule has 0 aromatic carbocycles. The molecule has 0 radical (unpaired) electrons. The van der Waals surface area contributed by atoms with Gasteiger partial charge in [0, 0.05) is 30.8 Å². The Morgan fingerprint density at radius 2 is 2.44 bits per heavy atom. The molecule has 2 amide bonds. The molecule has 0 aliphatic carbocycles. The first-order chi connectivity index (χ1) is 8.61. The summed E-state index contributed by atoms with van der Waals surface area (Å²) in [5.41, 5.74) is 0.851. The van der Waals surface area contributed by atoms with Gasteiger partial charge in [-0.1, -0.05) is 0 Å². The maximum atomic E-state index is 12.1. The highest BCUT2D eigenvalue weighted by molar-refractivity contribution is 7.09. The minimum atomic E-state index is 0.115. The molecule has 1 aromatic heterocycles. The third-order valence-corrected chi connectivity index (χ3v) is 4.41. The molecular formula is C12H15N3O2S. The molecule has 96 valence electrons. The Morgan fingerprint density at radius 1 is 1.61 bits per heavy atom. The summed E-state index contributed by atoms with van der Waals surface area (Å²) in [6.07, 6.45) is 0.933. The quantitative estimate of drug-likeness (QED) is 0.839. The lowest BCUT2D eigenvalue weighted by atomic mass is 10.1. The lowest BCUT2D eigenvalue weighted by Gasteiger charge is -2.16. The van der Waals surface area contributed by atoms with Gasteiger partial charge in [-0.05, 0) is 6.92 Å². The fraction of sp³-hybridized carbons (Fsp3) is 0.583. The first kappa shape index (κ1) is 11.6. The summed E-state index contributed by atoms with van der Waals surface area (Å²) in [6.45, 7) is 3.29. The Hall–Kier alpha value is -1.43. The van der Waals surface area contributed by atoms with Crippen molar-refractivity contribution in [1.29, 1.82) is 0 Å². The maximum Gasteiger partial charge on any atom is 0.228 e. The monoisotopic (exact) mass is 265 g/mol. The van der Waals surface area contributed by atoms with Crippen molar-refractivity contribution in [2.45, 2.75) is 25.8 Å². The molecule has 18 heavy (non-hydrogen) atoms. The van der Waals surface area contributed by atoms with Crippen LogP contribution in [0.5, 0.6) is 0 Å². The van der Waals surface area contributed by atoms with Crippen molar-refractivity contribution in [2.24, 2.45) is 5.92 Å². The molecule has 2 aliphatic rings. The van der Waals surface area contributed by atoms with Gasteiger partial charge in [0.15, 0.2) is 0 Å². The number of nitrogens with one attached hydrogen (secondary N) is 1. The Bertz CT molecular complexity index is 483. The number of aryl methyl sites for hydroxylation is 1. The van der Waals surface area contributed by atoms with Crippen LogP contribution >= 0.6 is 11.3 Å². The van der Waals surface area contributed by atoms with Crippen LogP contribution in [0, 0.1) is 12.8 Å². The van der Waals surface area contributed by atoms with E-state index in [9.17, 15) is 9.59 Å². The van der Waals surface area contributed by atoms with Gasteiger partial charge in [-0.15, -0.1) is 11.3 Å². The molecule has 2 fully saturated rings. The zero-order valence-electron chi connectivity index (χ0n) is 10.2. The van der Waals surface area contributed by atoms with E-state index in [4.69, 9.17) is 0 Å². The number of fused-ring (bicyclic) bond motifs is 1. The maximum absolute atomic E-state index is 12.1. The normalized spacial score (nSPS) is 26.3. The van der Waals surface area contributed by atoms with E-state index in [2.05, 4.69) is 10.3 Å². The topological polar surface area (TPSA) is 62.3 Å². The number of nitrogens with zero attached hydrogens (tertiary/aromatic N) is 2. The van der Waals surface area contributed by atoms with E-state index in [0.717, 1.165) is 10.7 Å². The molecular weight excluding hydrogens is 250 g/mol. The molecule has 2 atom stereocenters. The van der Waals surface area contributed by atoms with Gasteiger partial charge in [0.2, 0.25) is 11.8 Å². The van der Waals surface area contributed by atoms with Crippen LogP contribution in [0.2, 0.25) is 0 Å². The number of carbonyl (C=O) groups excluding carboxylic acids is 2. The van der Waals surface area contributed by atoms with Crippen LogP contribution in [-0.2, 0) is 16.0 Å². The molecule has 0 unspecified atom stereocenters. The van der Waals surface area contributed by atoms with Crippen LogP contribution in [0.1, 0.15) is 17.1 Å². The summed E-state index contributed by atoms with van der Waals surface area (Å²) >= 11 is 1.57. The van der Waals surface area contributed by atoms with Crippen LogP contribution in [0.15, 0.2) is 5.38 Å². The fourth-order valence-corrected chi connectivity index (χ4v) is 3.32. The van der Waals surface area contributed by atoms with Gasteiger partial charge >= 0.3 is 0 Å². The highest BCUT2D eigenvalue weighted by Crippen LogP contribution is 2.25. The van der Waals surface area contributed by atoms with Crippen molar-refractivity contribution < 1.29 is 9.59 Å². The smallest absolute Gasteiger partial charge is 0.228 e. The van der Waals surface area contributed by atoms with Gasteiger partial charge in [0.25, 0.3) is 0 Å². The van der Waals surface area contributed by atoms with Gasteiger partial charge < -0.3 is 10.2 Å². The summed E-state index contributed by atoms with van der Waals surface area (Å²) in [4.78, 5) is 29.5. The number of likely N-dealkylation sites (tertiary alicyclic amines) is 1. The van der Waals surface area contributed by atoms with Gasteiger partial charge in [0.1, 0.15) is 0 Å². The van der Waals surface area contributed by atoms with Crippen LogP contribution in [-0.4, -0.2) is 40.8 Å². The summed E-state index contributed by atoms with van der Waals surface area (Å²) in [5.74, 6) is 0.537. The fourth-order valence-electron chi connectivity index (χ4n) is 2.71. The van der Waals surface area contributed by atoms with Gasteiger partial charge in [-0.3, -0.25) is 9.59 Å². The summed E-state index contributed by atoms with van der Waals surface area (Å²) in [6, 6.07) is 0.165. The second-order valence-corrected chi connectivity index (χ2v) is 6.03. The third-order valence-electron chi connectivity index (χ3n) is 3.59. The number of aromatic nitrogens is 1. The predicted molar refractivity (Wildman–Crippen MR) is 67.2 cm³/mol. The zero-order chi connectivity index (χ0) is 12.7. The number of hydrogen-bond acceptors (Lipinski definition) is 4. The molecule has 6 heteroatoms. The molecule has 0 spiro atoms. The highest BCUT2D eigenvalue weighted by atomic mass is 32.1. The molecule has 5 nitrogen and oxygen atoms in total. The Balaban J connectivity index is 1.60. The van der Waals surface area contributed by atoms with E-state index in [-0.39, 0.29) is 17.9 Å². The molecule has 0 bridgehead atoms. The average molecular weight is 265 g/mol. The first-order valence-corrected chi connectivity index (χ1v) is 6.98. The van der Waals surface area contributed by atoms with E-state index >= 15 is 0 Å². The van der Waals surface area contributed by atoms with Gasteiger partial charge in [-0.25, -0.2) is 4.98 Å². The minimum absolute atomic E-state index is 0.115. The average Bonchev–Trinajstić information content (AvgIpc) is 2.92. The van der Waals surface area contributed by atoms with Gasteiger partial charge in [-0.2, -0.15) is 0 Å². The molecule has 0 saturated carbocycles. The summed E-state index contributed by atoms with van der Waals surface area (Å²) in [5, 5.41) is 5.85. The SMILES string of the molecule is Cc1nc(CC(=O)N2C[C@@H]3CC(=O)N[C@@H]3C2)cs1. The molecule has 3 rings (SSSR count). The number of amides is 2. The number of carbonyl (C=O) groups is 2. The van der Waals surface area contributed by atoms with E-state index in [1.165, 1.54) is 0 Å². The van der Waals surface area contributed by atoms with E-state index in [0.29, 0.717) is 31.8 Å². The second kappa shape index (κ2) is 4.35. The van der Waals surface area contributed by atoms with Crippen LogP contribution in [0.3, 0.4) is 0 Å². The zero-order valence-corrected chi connectivity index (χ0v) is 11.0. The molecule has 1 N–H and O–H groups in total. The Labute approximate surface area is 109 Å². The largest absolute Gasteiger partial charge is 0.351 e. The van der Waals surface area contributed by atoms with E-state index in [1.807, 2.05) is 17.2 Å². The first-order valence-electron chi connectivity index (χ1n) is 6.10. The van der Waals surface area contributed by atoms with E-state index < -0.39 is 0 Å². The Kier molecular flexibility index (Phi) is 2.81. The number of hydrogen-bond donors (Lipinski definition) is 1. The van der Waals surface area contributed by atoms with Gasteiger partial charge in [0.05, 0.1) is 23.2 Å². The third kappa shape index (κ3) is 2.12. The molecule has 1 aromatic rings. The number of thiazole rings is 1. The standard InChI is InChI=1S/C12H15N3O2S/c1-7-13-9(6-18-7)3-12(17)15-4-8-2-11(16)14-10(8)5-15/h6,8,10H,2-5H2,1H3,(H,14,16)/t8-,10+/m0/s1. The highest BCUT2D eigenvalue weighted by Gasteiger charge is 2.41. The Morgan fingerprint density at radius 3 is 3.11 bits per heavy atom. The van der Waals surface area contributed by atoms with Crippen LogP contribution in [0.4, 0.5) is 0 Å². The molecule has 2 saturated heterocycles. The molecule has 2 aliphatic heterocycles. The lowest BCUT2D eigenvalue weighted by Crippen LogP contribution is -2.36. The summed E-state index contributed by atoms with van der Waals surface area (Å²) < 4.78 is 0. The van der Waals surface area contributed by atoms with Crippen molar-refractivity contribution in [1.82, 2.24) is 15.2 Å². The minimum Gasteiger partial charge on any atom is -0.351 e. The van der Waals surface area contributed by atoms with Crippen molar-refractivity contribution in [2.75, 3.05) is 13.1 Å². The van der Waals surface area contributed by atoms with Crippen molar-refractivity contribution in [3.05, 3.63) is 16.1 Å². The van der Waals surface area contributed by atoms with Crippen molar-refractivity contribution >= 4 is 23.2 Å². The van der Waals surface area contributed by atoms with E-state index in [1.54, 1.807) is 11.3 Å². The van der Waals surface area contributed by atoms with Crippen LogP contribution in [0.25, 0.3) is 0 Å². The van der Waals surface area contributed by atoms with Crippen molar-refractivity contribution in [3.63, 3.8) is 0 Å². The van der Waals surface area contributed by atoms with Crippen LogP contribution < -0.4 is 5.32 Å². The molecule has 3 heterocycles.